The quantitative estimate of drug-likeness (QED) is 0.541. The number of benzene rings is 2. The molecule has 0 aliphatic carbocycles. The highest BCUT2D eigenvalue weighted by Gasteiger charge is 2.35. The highest BCUT2D eigenvalue weighted by molar-refractivity contribution is 6.35. The normalized spacial score (nSPS) is 18.4. The number of piperidine rings is 1. The maximum Gasteiger partial charge on any atom is 0.225 e. The van der Waals surface area contributed by atoms with E-state index in [4.69, 9.17) is 39.5 Å². The minimum atomic E-state index is -0.0386. The third-order valence-corrected chi connectivity index (χ3v) is 7.35. The van der Waals surface area contributed by atoms with Gasteiger partial charge in [-0.05, 0) is 55.7 Å². The van der Waals surface area contributed by atoms with Crippen molar-refractivity contribution in [1.29, 1.82) is 0 Å². The summed E-state index contributed by atoms with van der Waals surface area (Å²) >= 11 is 18.9. The predicted molar refractivity (Wildman–Crippen MR) is 132 cm³/mol. The maximum atomic E-state index is 12.7. The van der Waals surface area contributed by atoms with Crippen LogP contribution in [0.15, 0.2) is 36.4 Å². The highest BCUT2D eigenvalue weighted by atomic mass is 35.5. The smallest absolute Gasteiger partial charge is 0.225 e. The Labute approximate surface area is 204 Å². The molecule has 8 heteroatoms. The number of methoxy groups -OCH3 is 1. The second kappa shape index (κ2) is 10.1. The van der Waals surface area contributed by atoms with E-state index in [0.717, 1.165) is 56.0 Å². The lowest BCUT2D eigenvalue weighted by Crippen LogP contribution is -2.56. The number of amides is 1. The number of likely N-dealkylation sites (tertiary alicyclic amines) is 1. The Bertz CT molecular complexity index is 973. The predicted octanol–water partition coefficient (Wildman–Crippen LogP) is 5.89. The van der Waals surface area contributed by atoms with Crippen molar-refractivity contribution in [3.8, 4) is 0 Å². The van der Waals surface area contributed by atoms with Gasteiger partial charge in [-0.1, -0.05) is 40.9 Å². The van der Waals surface area contributed by atoms with Gasteiger partial charge < -0.3 is 19.9 Å². The average Bonchev–Trinajstić information content (AvgIpc) is 2.74. The fourth-order valence-electron chi connectivity index (χ4n) is 4.39. The fraction of sp³-hybridized carbons (Fsp3) is 0.458. The van der Waals surface area contributed by atoms with Crippen LogP contribution in [0, 0.1) is 5.92 Å². The molecule has 2 aromatic rings. The lowest BCUT2D eigenvalue weighted by molar-refractivity contribution is -0.148. The molecule has 1 amide bonds. The van der Waals surface area contributed by atoms with Gasteiger partial charge in [0.1, 0.15) is 0 Å². The van der Waals surface area contributed by atoms with Crippen molar-refractivity contribution in [2.45, 2.75) is 31.9 Å². The summed E-state index contributed by atoms with van der Waals surface area (Å²) in [5.41, 5.74) is 2.91. The summed E-state index contributed by atoms with van der Waals surface area (Å²) in [5.74, 6) is 0.367. The fourth-order valence-corrected chi connectivity index (χ4v) is 5.14. The van der Waals surface area contributed by atoms with E-state index in [1.54, 1.807) is 13.2 Å². The van der Waals surface area contributed by atoms with Crippen LogP contribution in [-0.4, -0.2) is 50.2 Å². The first kappa shape index (κ1) is 23.5. The molecule has 172 valence electrons. The molecule has 0 unspecified atom stereocenters. The van der Waals surface area contributed by atoms with Gasteiger partial charge in [-0.15, -0.1) is 0 Å². The first-order chi connectivity index (χ1) is 15.4. The molecule has 2 heterocycles. The second-order valence-electron chi connectivity index (χ2n) is 8.56. The number of anilines is 2. The number of carbonyl (C=O) groups is 1. The number of carbonyl (C=O) groups excluding carboxylic acids is 1. The molecule has 1 atom stereocenters. The van der Waals surface area contributed by atoms with Crippen LogP contribution in [0.1, 0.15) is 31.4 Å². The van der Waals surface area contributed by atoms with Gasteiger partial charge in [0, 0.05) is 54.9 Å². The number of hydrogen-bond acceptors (Lipinski definition) is 4. The Morgan fingerprint density at radius 2 is 1.78 bits per heavy atom. The third-order valence-electron chi connectivity index (χ3n) is 6.45. The van der Waals surface area contributed by atoms with Gasteiger partial charge in [-0.25, -0.2) is 0 Å². The summed E-state index contributed by atoms with van der Waals surface area (Å²) in [7, 11) is 1.70. The van der Waals surface area contributed by atoms with Crippen molar-refractivity contribution in [3.05, 3.63) is 57.0 Å². The van der Waals surface area contributed by atoms with E-state index in [1.807, 2.05) is 36.1 Å². The number of ether oxygens (including phenoxy) is 1. The molecule has 0 saturated carbocycles. The summed E-state index contributed by atoms with van der Waals surface area (Å²) in [4.78, 5) is 16.9. The molecule has 4 rings (SSSR count). The van der Waals surface area contributed by atoms with Gasteiger partial charge in [-0.3, -0.25) is 4.79 Å². The first-order valence-electron chi connectivity index (χ1n) is 10.9. The zero-order valence-corrected chi connectivity index (χ0v) is 20.6. The number of halogens is 3. The van der Waals surface area contributed by atoms with Crippen LogP contribution >= 0.6 is 34.8 Å². The minimum Gasteiger partial charge on any atom is -0.378 e. The van der Waals surface area contributed by atoms with Gasteiger partial charge >= 0.3 is 0 Å². The molecular formula is C24H28Cl3N3O2. The van der Waals surface area contributed by atoms with E-state index in [-0.39, 0.29) is 24.0 Å². The monoisotopic (exact) mass is 495 g/mol. The van der Waals surface area contributed by atoms with Crippen molar-refractivity contribution in [1.82, 2.24) is 4.90 Å². The Balaban J connectivity index is 1.38. The number of rotatable bonds is 6. The maximum absolute atomic E-state index is 12.7. The molecule has 1 N–H and O–H groups in total. The lowest BCUT2D eigenvalue weighted by Gasteiger charge is -2.42. The molecular weight excluding hydrogens is 469 g/mol. The van der Waals surface area contributed by atoms with Crippen LogP contribution in [0.2, 0.25) is 15.1 Å². The molecule has 2 fully saturated rings. The van der Waals surface area contributed by atoms with E-state index in [9.17, 15) is 4.79 Å². The summed E-state index contributed by atoms with van der Waals surface area (Å²) in [6.07, 6.45) is 1.91. The summed E-state index contributed by atoms with van der Waals surface area (Å²) in [6.45, 7) is 5.17. The van der Waals surface area contributed by atoms with Gasteiger partial charge in [0.05, 0.1) is 22.9 Å². The lowest BCUT2D eigenvalue weighted by atomic mass is 9.93. The molecule has 5 nitrogen and oxygen atoms in total. The molecule has 0 bridgehead atoms. The van der Waals surface area contributed by atoms with Crippen LogP contribution in [0.25, 0.3) is 0 Å². The van der Waals surface area contributed by atoms with Gasteiger partial charge in [0.2, 0.25) is 5.91 Å². The number of nitrogens with zero attached hydrogens (tertiary/aromatic N) is 2. The Morgan fingerprint density at radius 3 is 2.44 bits per heavy atom. The van der Waals surface area contributed by atoms with Crippen molar-refractivity contribution >= 4 is 52.1 Å². The zero-order chi connectivity index (χ0) is 22.8. The van der Waals surface area contributed by atoms with E-state index in [1.165, 1.54) is 0 Å². The van der Waals surface area contributed by atoms with Crippen LogP contribution in [0.3, 0.4) is 0 Å². The molecule has 0 radical (unpaired) electrons. The largest absolute Gasteiger partial charge is 0.378 e. The van der Waals surface area contributed by atoms with Crippen molar-refractivity contribution in [2.75, 3.05) is 43.5 Å². The van der Waals surface area contributed by atoms with Gasteiger partial charge in [-0.2, -0.15) is 0 Å². The van der Waals surface area contributed by atoms with Crippen LogP contribution in [0.5, 0.6) is 0 Å². The summed E-state index contributed by atoms with van der Waals surface area (Å²) in [5, 5.41) is 5.36. The Kier molecular flexibility index (Phi) is 7.40. The number of hydrogen-bond donors (Lipinski definition) is 1. The molecule has 0 spiro atoms. The molecule has 2 saturated heterocycles. The average molecular weight is 497 g/mol. The molecule has 0 aromatic heterocycles. The first-order valence-corrected chi connectivity index (χ1v) is 12.1. The van der Waals surface area contributed by atoms with E-state index < -0.39 is 0 Å². The summed E-state index contributed by atoms with van der Waals surface area (Å²) < 4.78 is 5.28. The van der Waals surface area contributed by atoms with Crippen molar-refractivity contribution < 1.29 is 9.53 Å². The Hall–Kier alpha value is -1.66. The van der Waals surface area contributed by atoms with Crippen molar-refractivity contribution in [3.63, 3.8) is 0 Å². The van der Waals surface area contributed by atoms with E-state index >= 15 is 0 Å². The van der Waals surface area contributed by atoms with Gasteiger partial charge in [0.15, 0.2) is 0 Å². The molecule has 2 aliphatic rings. The summed E-state index contributed by atoms with van der Waals surface area (Å²) in [6, 6.07) is 11.5. The molecule has 2 aromatic carbocycles. The standard InChI is InChI=1S/C24H28Cl3N3O2/c1-15(20-5-3-17(25)11-22(20)27)28-23-12-18(4-6-21(23)26)29-9-7-16(8-10-29)24(31)30-13-19(14-30)32-2/h3-6,11-12,15-16,19,28H,7-10,13-14H2,1-2H3/t15-/m1/s1. The second-order valence-corrected chi connectivity index (χ2v) is 9.81. The van der Waals surface area contributed by atoms with Crippen molar-refractivity contribution in [2.24, 2.45) is 5.92 Å². The number of nitrogens with one attached hydrogen (secondary N) is 1. The van der Waals surface area contributed by atoms with Crippen LogP contribution in [0.4, 0.5) is 11.4 Å². The van der Waals surface area contributed by atoms with Crippen LogP contribution < -0.4 is 10.2 Å². The van der Waals surface area contributed by atoms with Gasteiger partial charge in [0.25, 0.3) is 0 Å². The minimum absolute atomic E-state index is 0.0386. The highest BCUT2D eigenvalue weighted by Crippen LogP contribution is 2.34. The third kappa shape index (κ3) is 5.12. The zero-order valence-electron chi connectivity index (χ0n) is 18.3. The van der Waals surface area contributed by atoms with E-state index in [2.05, 4.69) is 16.3 Å². The Morgan fingerprint density at radius 1 is 1.06 bits per heavy atom. The SMILES string of the molecule is COC1CN(C(=O)C2CCN(c3ccc(Cl)c(N[C@H](C)c4ccc(Cl)cc4Cl)c3)CC2)C1. The topological polar surface area (TPSA) is 44.8 Å². The van der Waals surface area contributed by atoms with E-state index in [0.29, 0.717) is 15.1 Å². The molecule has 32 heavy (non-hydrogen) atoms. The van der Waals surface area contributed by atoms with Crippen LogP contribution in [-0.2, 0) is 9.53 Å². The molecule has 2 aliphatic heterocycles.